The SMILES string of the molecule is CC1CCc2[nH]c3c(C(=O)NCc4cccc(NC(=O)C(C)C)c4)cccc3c2C1. The van der Waals surface area contributed by atoms with Gasteiger partial charge in [-0.05, 0) is 54.5 Å². The number of amides is 2. The van der Waals surface area contributed by atoms with Crippen molar-refractivity contribution in [2.24, 2.45) is 11.8 Å². The summed E-state index contributed by atoms with van der Waals surface area (Å²) >= 11 is 0. The summed E-state index contributed by atoms with van der Waals surface area (Å²) in [6.07, 6.45) is 3.29. The van der Waals surface area contributed by atoms with Crippen LogP contribution in [0.25, 0.3) is 10.9 Å². The molecule has 1 aliphatic carbocycles. The zero-order valence-corrected chi connectivity index (χ0v) is 17.8. The van der Waals surface area contributed by atoms with E-state index in [0.717, 1.165) is 29.6 Å². The smallest absolute Gasteiger partial charge is 0.253 e. The van der Waals surface area contributed by atoms with Crippen molar-refractivity contribution in [2.75, 3.05) is 5.32 Å². The molecule has 5 heteroatoms. The van der Waals surface area contributed by atoms with Gasteiger partial charge in [-0.3, -0.25) is 9.59 Å². The fourth-order valence-electron chi connectivity index (χ4n) is 4.13. The molecule has 0 bridgehead atoms. The maximum absolute atomic E-state index is 13.0. The van der Waals surface area contributed by atoms with Gasteiger partial charge >= 0.3 is 0 Å². The number of fused-ring (bicyclic) bond motifs is 3. The quantitative estimate of drug-likeness (QED) is 0.571. The molecule has 0 radical (unpaired) electrons. The molecule has 2 aromatic carbocycles. The van der Waals surface area contributed by atoms with Crippen LogP contribution in [0.4, 0.5) is 5.69 Å². The molecule has 1 atom stereocenters. The lowest BCUT2D eigenvalue weighted by atomic mass is 9.87. The molecule has 1 aliphatic rings. The summed E-state index contributed by atoms with van der Waals surface area (Å²) in [4.78, 5) is 28.4. The molecule has 1 heterocycles. The average Bonchev–Trinajstić information content (AvgIpc) is 3.10. The fraction of sp³-hybridized carbons (Fsp3) is 0.360. The third-order valence-electron chi connectivity index (χ3n) is 5.89. The second kappa shape index (κ2) is 8.34. The van der Waals surface area contributed by atoms with Crippen molar-refractivity contribution < 1.29 is 9.59 Å². The van der Waals surface area contributed by atoms with Crippen molar-refractivity contribution in [3.05, 3.63) is 64.8 Å². The van der Waals surface area contributed by atoms with Gasteiger partial charge in [0.2, 0.25) is 5.91 Å². The average molecular weight is 404 g/mol. The fourth-order valence-corrected chi connectivity index (χ4v) is 4.13. The van der Waals surface area contributed by atoms with E-state index in [4.69, 9.17) is 0 Å². The standard InChI is InChI=1S/C25H29N3O2/c1-15(2)24(29)27-18-7-4-6-17(13-18)14-26-25(30)20-9-5-8-19-21-12-16(3)10-11-22(21)28-23(19)20/h4-9,13,15-16,28H,10-12,14H2,1-3H3,(H,26,30)(H,27,29). The highest BCUT2D eigenvalue weighted by molar-refractivity contribution is 6.06. The summed E-state index contributed by atoms with van der Waals surface area (Å²) in [5.41, 5.74) is 5.94. The minimum absolute atomic E-state index is 0.0205. The second-order valence-electron chi connectivity index (χ2n) is 8.69. The number of benzene rings is 2. The second-order valence-corrected chi connectivity index (χ2v) is 8.69. The van der Waals surface area contributed by atoms with Gasteiger partial charge < -0.3 is 15.6 Å². The van der Waals surface area contributed by atoms with Crippen LogP contribution in [-0.2, 0) is 24.2 Å². The Balaban J connectivity index is 1.50. The van der Waals surface area contributed by atoms with Gasteiger partial charge in [0.1, 0.15) is 0 Å². The van der Waals surface area contributed by atoms with Crippen LogP contribution >= 0.6 is 0 Å². The lowest BCUT2D eigenvalue weighted by Crippen LogP contribution is -2.23. The molecule has 0 saturated carbocycles. The number of H-pyrrole nitrogens is 1. The number of aromatic amines is 1. The van der Waals surface area contributed by atoms with E-state index in [1.807, 2.05) is 50.2 Å². The molecule has 0 aliphatic heterocycles. The number of rotatable bonds is 5. The highest BCUT2D eigenvalue weighted by Gasteiger charge is 2.22. The number of nitrogens with one attached hydrogen (secondary N) is 3. The molecule has 5 nitrogen and oxygen atoms in total. The Kier molecular flexibility index (Phi) is 5.62. The van der Waals surface area contributed by atoms with Gasteiger partial charge in [-0.25, -0.2) is 0 Å². The van der Waals surface area contributed by atoms with Crippen LogP contribution in [0.3, 0.4) is 0 Å². The van der Waals surface area contributed by atoms with Crippen molar-refractivity contribution in [2.45, 2.75) is 46.6 Å². The van der Waals surface area contributed by atoms with E-state index >= 15 is 0 Å². The Labute approximate surface area is 177 Å². The van der Waals surface area contributed by atoms with Crippen LogP contribution in [0.5, 0.6) is 0 Å². The normalized spacial score (nSPS) is 15.8. The Hall–Kier alpha value is -3.08. The number of hydrogen-bond acceptors (Lipinski definition) is 2. The van der Waals surface area contributed by atoms with Gasteiger partial charge in [0.15, 0.2) is 0 Å². The van der Waals surface area contributed by atoms with E-state index in [9.17, 15) is 9.59 Å². The minimum atomic E-state index is -0.0936. The van der Waals surface area contributed by atoms with Crippen molar-refractivity contribution in [3.8, 4) is 0 Å². The maximum Gasteiger partial charge on any atom is 0.253 e. The summed E-state index contributed by atoms with van der Waals surface area (Å²) in [7, 11) is 0. The van der Waals surface area contributed by atoms with E-state index in [1.165, 1.54) is 23.1 Å². The molecule has 1 unspecified atom stereocenters. The van der Waals surface area contributed by atoms with Crippen molar-refractivity contribution in [3.63, 3.8) is 0 Å². The Morgan fingerprint density at radius 2 is 1.97 bits per heavy atom. The summed E-state index contributed by atoms with van der Waals surface area (Å²) in [6.45, 7) is 6.41. The first kappa shape index (κ1) is 20.2. The Bertz CT molecular complexity index is 1100. The van der Waals surface area contributed by atoms with Crippen molar-refractivity contribution in [1.82, 2.24) is 10.3 Å². The highest BCUT2D eigenvalue weighted by atomic mass is 16.2. The summed E-state index contributed by atoms with van der Waals surface area (Å²) in [6, 6.07) is 13.5. The van der Waals surface area contributed by atoms with Crippen LogP contribution in [-0.4, -0.2) is 16.8 Å². The van der Waals surface area contributed by atoms with Crippen LogP contribution in [0.2, 0.25) is 0 Å². The van der Waals surface area contributed by atoms with Gasteiger partial charge in [0.25, 0.3) is 5.91 Å². The highest BCUT2D eigenvalue weighted by Crippen LogP contribution is 2.33. The summed E-state index contributed by atoms with van der Waals surface area (Å²) in [5, 5.41) is 7.10. The molecule has 3 aromatic rings. The molecule has 0 saturated heterocycles. The maximum atomic E-state index is 13.0. The van der Waals surface area contributed by atoms with Crippen LogP contribution < -0.4 is 10.6 Å². The van der Waals surface area contributed by atoms with E-state index in [-0.39, 0.29) is 17.7 Å². The molecule has 3 N–H and O–H groups in total. The molecule has 30 heavy (non-hydrogen) atoms. The number of carbonyl (C=O) groups excluding carboxylic acids is 2. The molecule has 4 rings (SSSR count). The van der Waals surface area contributed by atoms with Gasteiger partial charge in [-0.15, -0.1) is 0 Å². The monoisotopic (exact) mass is 403 g/mol. The lowest BCUT2D eigenvalue weighted by Gasteiger charge is -2.17. The zero-order chi connectivity index (χ0) is 21.3. The van der Waals surface area contributed by atoms with E-state index in [2.05, 4.69) is 28.6 Å². The molecule has 0 fully saturated rings. The van der Waals surface area contributed by atoms with Gasteiger partial charge in [0.05, 0.1) is 11.1 Å². The first-order valence-corrected chi connectivity index (χ1v) is 10.7. The molecular weight excluding hydrogens is 374 g/mol. The van der Waals surface area contributed by atoms with Crippen molar-refractivity contribution >= 4 is 28.4 Å². The molecular formula is C25H29N3O2. The largest absolute Gasteiger partial charge is 0.358 e. The zero-order valence-electron chi connectivity index (χ0n) is 17.8. The van der Waals surface area contributed by atoms with Gasteiger partial charge in [-0.1, -0.05) is 45.0 Å². The predicted octanol–water partition coefficient (Wildman–Crippen LogP) is 4.82. The van der Waals surface area contributed by atoms with Crippen LogP contribution in [0, 0.1) is 11.8 Å². The number of aromatic nitrogens is 1. The molecule has 2 amide bonds. The van der Waals surface area contributed by atoms with E-state index < -0.39 is 0 Å². The van der Waals surface area contributed by atoms with E-state index in [1.54, 1.807) is 0 Å². The Morgan fingerprint density at radius 1 is 1.17 bits per heavy atom. The number of hydrogen-bond donors (Lipinski definition) is 3. The third-order valence-corrected chi connectivity index (χ3v) is 5.89. The molecule has 1 aromatic heterocycles. The van der Waals surface area contributed by atoms with E-state index in [0.29, 0.717) is 18.0 Å². The third kappa shape index (κ3) is 4.11. The molecule has 156 valence electrons. The number of aryl methyl sites for hydroxylation is 1. The van der Waals surface area contributed by atoms with Gasteiger partial charge in [0, 0.05) is 29.2 Å². The first-order valence-electron chi connectivity index (χ1n) is 10.7. The topological polar surface area (TPSA) is 74.0 Å². The van der Waals surface area contributed by atoms with Crippen molar-refractivity contribution in [1.29, 1.82) is 0 Å². The Morgan fingerprint density at radius 3 is 2.77 bits per heavy atom. The number of anilines is 1. The van der Waals surface area contributed by atoms with Gasteiger partial charge in [-0.2, -0.15) is 0 Å². The first-order chi connectivity index (χ1) is 14.4. The number of carbonyl (C=O) groups is 2. The number of para-hydroxylation sites is 1. The molecule has 0 spiro atoms. The summed E-state index contributed by atoms with van der Waals surface area (Å²) < 4.78 is 0. The predicted molar refractivity (Wildman–Crippen MR) is 121 cm³/mol. The van der Waals surface area contributed by atoms with Crippen LogP contribution in [0.1, 0.15) is 54.4 Å². The van der Waals surface area contributed by atoms with Crippen LogP contribution in [0.15, 0.2) is 42.5 Å². The lowest BCUT2D eigenvalue weighted by molar-refractivity contribution is -0.118. The summed E-state index contributed by atoms with van der Waals surface area (Å²) in [5.74, 6) is 0.484. The minimum Gasteiger partial charge on any atom is -0.358 e.